The molecule has 1 aliphatic carbocycles. The Kier molecular flexibility index (Phi) is 1.22. The first-order chi connectivity index (χ1) is 3.10. The molecule has 0 saturated heterocycles. The van der Waals surface area contributed by atoms with Gasteiger partial charge in [0.15, 0.2) is 0 Å². The second-order valence-corrected chi connectivity index (χ2v) is 3.56. The van der Waals surface area contributed by atoms with E-state index in [0.717, 1.165) is 0 Å². The number of aliphatic hydroxyl groups excluding tert-OH is 1. The van der Waals surface area contributed by atoms with E-state index in [1.165, 1.54) is 0 Å². The fourth-order valence-electron chi connectivity index (χ4n) is 0.630. The Morgan fingerprint density at radius 2 is 1.86 bits per heavy atom. The van der Waals surface area contributed by atoms with Crippen molar-refractivity contribution in [2.24, 2.45) is 0 Å². The number of aliphatic hydroxyl groups is 1. The van der Waals surface area contributed by atoms with Crippen molar-refractivity contribution in [3.8, 4) is 0 Å². The highest BCUT2D eigenvalue weighted by molar-refractivity contribution is 6.49. The van der Waals surface area contributed by atoms with Crippen LogP contribution in [0.1, 0.15) is 12.8 Å². The van der Waals surface area contributed by atoms with Crippen LogP contribution in [0.3, 0.4) is 0 Å². The molecule has 0 heterocycles. The zero-order chi connectivity index (χ0) is 5.49. The van der Waals surface area contributed by atoms with Crippen molar-refractivity contribution in [1.82, 2.24) is 0 Å². The van der Waals surface area contributed by atoms with Gasteiger partial charge in [0.25, 0.3) is 0 Å². The van der Waals surface area contributed by atoms with Crippen LogP contribution in [0.25, 0.3) is 0 Å². The lowest BCUT2D eigenvalue weighted by molar-refractivity contribution is 0.0863. The van der Waals surface area contributed by atoms with E-state index in [4.69, 9.17) is 28.3 Å². The summed E-state index contributed by atoms with van der Waals surface area (Å²) in [4.78, 5) is 0. The van der Waals surface area contributed by atoms with Crippen molar-refractivity contribution < 1.29 is 5.11 Å². The van der Waals surface area contributed by atoms with Gasteiger partial charge in [-0.05, 0) is 0 Å². The van der Waals surface area contributed by atoms with Crippen LogP contribution in [0.2, 0.25) is 0 Å². The van der Waals surface area contributed by atoms with E-state index in [-0.39, 0.29) is 6.10 Å². The molecule has 1 nitrogen and oxygen atoms in total. The lowest BCUT2D eigenvalue weighted by Crippen LogP contribution is -2.37. The number of hydrogen-bond acceptors (Lipinski definition) is 1. The smallest absolute Gasteiger partial charge is 0.123 e. The molecule has 0 radical (unpaired) electrons. The molecule has 0 atom stereocenters. The zero-order valence-electron chi connectivity index (χ0n) is 3.69. The molecule has 1 fully saturated rings. The van der Waals surface area contributed by atoms with Gasteiger partial charge in [0, 0.05) is 12.8 Å². The van der Waals surface area contributed by atoms with Gasteiger partial charge in [0.05, 0.1) is 6.10 Å². The van der Waals surface area contributed by atoms with Crippen LogP contribution in [0.5, 0.6) is 0 Å². The first kappa shape index (κ1) is 5.67. The van der Waals surface area contributed by atoms with Crippen LogP contribution in [-0.4, -0.2) is 15.5 Å². The maximum atomic E-state index is 8.61. The lowest BCUT2D eigenvalue weighted by atomic mass is 9.95. The summed E-state index contributed by atoms with van der Waals surface area (Å²) in [6, 6.07) is 0. The average molecular weight is 141 g/mol. The van der Waals surface area contributed by atoms with Gasteiger partial charge in [-0.15, -0.1) is 23.2 Å². The molecule has 0 aromatic heterocycles. The molecule has 0 bridgehead atoms. The molecule has 7 heavy (non-hydrogen) atoms. The fourth-order valence-corrected chi connectivity index (χ4v) is 1.34. The SMILES string of the molecule is OC1CC(Cl)(Cl)C1. The number of halogens is 2. The van der Waals surface area contributed by atoms with Crippen LogP contribution in [0, 0.1) is 0 Å². The Bertz CT molecular complexity index is 73.8. The molecule has 1 rings (SSSR count). The van der Waals surface area contributed by atoms with Crippen molar-refractivity contribution in [2.75, 3.05) is 0 Å². The predicted octanol–water partition coefficient (Wildman–Crippen LogP) is 1.31. The molecule has 1 aliphatic rings. The molecule has 42 valence electrons. The van der Waals surface area contributed by atoms with E-state index in [0.29, 0.717) is 12.8 Å². The fraction of sp³-hybridized carbons (Fsp3) is 1.00. The summed E-state index contributed by atoms with van der Waals surface area (Å²) in [5, 5.41) is 8.61. The Labute approximate surface area is 52.2 Å². The Hall–Kier alpha value is 0.540. The monoisotopic (exact) mass is 140 g/mol. The van der Waals surface area contributed by atoms with Gasteiger partial charge in [-0.25, -0.2) is 0 Å². The molecular weight excluding hydrogens is 135 g/mol. The quantitative estimate of drug-likeness (QED) is 0.504. The summed E-state index contributed by atoms with van der Waals surface area (Å²) >= 11 is 11.0. The van der Waals surface area contributed by atoms with Crippen LogP contribution in [0.4, 0.5) is 0 Å². The summed E-state index contributed by atoms with van der Waals surface area (Å²) < 4.78 is -0.612. The van der Waals surface area contributed by atoms with Gasteiger partial charge in [-0.2, -0.15) is 0 Å². The predicted molar refractivity (Wildman–Crippen MR) is 29.7 cm³/mol. The van der Waals surface area contributed by atoms with Gasteiger partial charge in [0.2, 0.25) is 0 Å². The Balaban J connectivity index is 2.29. The van der Waals surface area contributed by atoms with Crippen LogP contribution in [-0.2, 0) is 0 Å². The third-order valence-electron chi connectivity index (χ3n) is 1.07. The molecule has 3 heteroatoms. The Morgan fingerprint density at radius 3 is 1.86 bits per heavy atom. The van der Waals surface area contributed by atoms with Gasteiger partial charge < -0.3 is 5.11 Å². The maximum Gasteiger partial charge on any atom is 0.123 e. The van der Waals surface area contributed by atoms with Gasteiger partial charge in [-0.1, -0.05) is 0 Å². The van der Waals surface area contributed by atoms with Crippen molar-refractivity contribution in [3.05, 3.63) is 0 Å². The molecule has 0 aliphatic heterocycles. The highest BCUT2D eigenvalue weighted by Gasteiger charge is 2.39. The Morgan fingerprint density at radius 1 is 1.43 bits per heavy atom. The summed E-state index contributed by atoms with van der Waals surface area (Å²) in [5.41, 5.74) is 0. The van der Waals surface area contributed by atoms with E-state index in [2.05, 4.69) is 0 Å². The molecule has 0 aromatic rings. The standard InChI is InChI=1S/C4H6Cl2O/c5-4(6)1-3(7)2-4/h3,7H,1-2H2. The second-order valence-electron chi connectivity index (χ2n) is 1.92. The van der Waals surface area contributed by atoms with Crippen molar-refractivity contribution in [1.29, 1.82) is 0 Å². The van der Waals surface area contributed by atoms with E-state index in [1.54, 1.807) is 0 Å². The molecule has 0 unspecified atom stereocenters. The molecule has 1 saturated carbocycles. The van der Waals surface area contributed by atoms with E-state index in [1.807, 2.05) is 0 Å². The van der Waals surface area contributed by atoms with Crippen LogP contribution in [0.15, 0.2) is 0 Å². The lowest BCUT2D eigenvalue weighted by Gasteiger charge is -2.33. The first-order valence-corrected chi connectivity index (χ1v) is 2.92. The number of rotatable bonds is 0. The summed E-state index contributed by atoms with van der Waals surface area (Å²) in [7, 11) is 0. The topological polar surface area (TPSA) is 20.2 Å². The van der Waals surface area contributed by atoms with Crippen molar-refractivity contribution in [2.45, 2.75) is 23.3 Å². The summed E-state index contributed by atoms with van der Waals surface area (Å²) in [5.74, 6) is 0. The number of alkyl halides is 2. The third-order valence-corrected chi connectivity index (χ3v) is 1.69. The molecular formula is C4H6Cl2O. The minimum absolute atomic E-state index is 0.255. The third kappa shape index (κ3) is 1.21. The van der Waals surface area contributed by atoms with Crippen molar-refractivity contribution in [3.63, 3.8) is 0 Å². The first-order valence-electron chi connectivity index (χ1n) is 2.16. The van der Waals surface area contributed by atoms with Crippen LogP contribution >= 0.6 is 23.2 Å². The zero-order valence-corrected chi connectivity index (χ0v) is 5.21. The van der Waals surface area contributed by atoms with Gasteiger partial charge >= 0.3 is 0 Å². The summed E-state index contributed by atoms with van der Waals surface area (Å²) in [6.45, 7) is 0. The molecule has 0 amide bonds. The van der Waals surface area contributed by atoms with E-state index in [9.17, 15) is 0 Å². The minimum Gasteiger partial charge on any atom is -0.393 e. The largest absolute Gasteiger partial charge is 0.393 e. The normalized spacial score (nSPS) is 29.6. The number of hydrogen-bond donors (Lipinski definition) is 1. The van der Waals surface area contributed by atoms with Crippen molar-refractivity contribution >= 4 is 23.2 Å². The minimum atomic E-state index is -0.612. The molecule has 0 aromatic carbocycles. The van der Waals surface area contributed by atoms with Gasteiger partial charge in [-0.3, -0.25) is 0 Å². The molecule has 0 spiro atoms. The van der Waals surface area contributed by atoms with E-state index < -0.39 is 4.33 Å². The second kappa shape index (κ2) is 1.51. The highest BCUT2D eigenvalue weighted by Crippen LogP contribution is 2.41. The van der Waals surface area contributed by atoms with Crippen LogP contribution < -0.4 is 0 Å². The summed E-state index contributed by atoms with van der Waals surface area (Å²) in [6.07, 6.45) is 0.793. The molecule has 1 N–H and O–H groups in total. The highest BCUT2D eigenvalue weighted by atomic mass is 35.5. The average Bonchev–Trinajstić information content (AvgIpc) is 1.27. The van der Waals surface area contributed by atoms with E-state index >= 15 is 0 Å². The maximum absolute atomic E-state index is 8.61. The van der Waals surface area contributed by atoms with Gasteiger partial charge in [0.1, 0.15) is 4.33 Å².